The first kappa shape index (κ1) is 18.6. The van der Waals surface area contributed by atoms with Gasteiger partial charge in [-0.1, -0.05) is 12.1 Å². The Hall–Kier alpha value is -1.40. The summed E-state index contributed by atoms with van der Waals surface area (Å²) in [6, 6.07) is 5.64. The maximum absolute atomic E-state index is 12.2. The standard InChI is InChI=1S/C16H26N2O3S/c1-11-7-8-12(2)15(9-11)17-16(19)10-18(5)13(3)14(4)22(6,20)21/h7-9,13-14H,10H2,1-6H3,(H,17,19)/t13-,14-/m1/s1. The number of carbonyl (C=O) groups is 1. The van der Waals surface area contributed by atoms with Crippen LogP contribution in [0.25, 0.3) is 0 Å². The number of likely N-dealkylation sites (N-methyl/N-ethyl adjacent to an activating group) is 1. The average Bonchev–Trinajstić information content (AvgIpc) is 2.40. The SMILES string of the molecule is Cc1ccc(C)c(NC(=O)CN(C)[C@H](C)[C@@H](C)S(C)(=O)=O)c1. The van der Waals surface area contributed by atoms with E-state index in [-0.39, 0.29) is 18.5 Å². The maximum atomic E-state index is 12.2. The molecule has 0 saturated carbocycles. The number of rotatable bonds is 6. The van der Waals surface area contributed by atoms with Gasteiger partial charge in [-0.25, -0.2) is 8.42 Å². The second-order valence-electron chi connectivity index (χ2n) is 6.06. The molecule has 0 spiro atoms. The van der Waals surface area contributed by atoms with Crippen LogP contribution < -0.4 is 5.32 Å². The molecule has 0 aliphatic carbocycles. The van der Waals surface area contributed by atoms with Crippen molar-refractivity contribution in [3.05, 3.63) is 29.3 Å². The van der Waals surface area contributed by atoms with Crippen LogP contribution in [-0.4, -0.2) is 50.4 Å². The molecular weight excluding hydrogens is 300 g/mol. The van der Waals surface area contributed by atoms with E-state index in [2.05, 4.69) is 5.32 Å². The molecule has 0 aromatic heterocycles. The molecule has 5 nitrogen and oxygen atoms in total. The van der Waals surface area contributed by atoms with Gasteiger partial charge in [-0.05, 0) is 51.9 Å². The van der Waals surface area contributed by atoms with E-state index in [1.807, 2.05) is 39.0 Å². The first-order valence-electron chi connectivity index (χ1n) is 7.28. The Bertz CT molecular complexity index is 641. The Morgan fingerprint density at radius 1 is 1.27 bits per heavy atom. The van der Waals surface area contributed by atoms with Gasteiger partial charge in [0, 0.05) is 18.0 Å². The fourth-order valence-corrected chi connectivity index (χ4v) is 3.07. The molecule has 0 bridgehead atoms. The molecule has 0 heterocycles. The quantitative estimate of drug-likeness (QED) is 0.868. The Morgan fingerprint density at radius 2 is 1.86 bits per heavy atom. The van der Waals surface area contributed by atoms with Crippen LogP contribution in [0.15, 0.2) is 18.2 Å². The summed E-state index contributed by atoms with van der Waals surface area (Å²) in [5.74, 6) is -0.149. The van der Waals surface area contributed by atoms with Gasteiger partial charge in [-0.2, -0.15) is 0 Å². The molecule has 2 atom stereocenters. The summed E-state index contributed by atoms with van der Waals surface area (Å²) >= 11 is 0. The highest BCUT2D eigenvalue weighted by Crippen LogP contribution is 2.16. The van der Waals surface area contributed by atoms with Crippen molar-refractivity contribution in [1.29, 1.82) is 0 Å². The third-order valence-electron chi connectivity index (χ3n) is 4.11. The van der Waals surface area contributed by atoms with Crippen LogP contribution >= 0.6 is 0 Å². The van der Waals surface area contributed by atoms with Crippen molar-refractivity contribution in [3.8, 4) is 0 Å². The van der Waals surface area contributed by atoms with Crippen LogP contribution in [0.3, 0.4) is 0 Å². The molecule has 1 aromatic carbocycles. The van der Waals surface area contributed by atoms with Crippen molar-refractivity contribution < 1.29 is 13.2 Å². The highest BCUT2D eigenvalue weighted by atomic mass is 32.2. The largest absolute Gasteiger partial charge is 0.325 e. The fraction of sp³-hybridized carbons (Fsp3) is 0.562. The number of amides is 1. The minimum absolute atomic E-state index is 0.147. The summed E-state index contributed by atoms with van der Waals surface area (Å²) in [7, 11) is -1.37. The third kappa shape index (κ3) is 5.10. The highest BCUT2D eigenvalue weighted by molar-refractivity contribution is 7.91. The Balaban J connectivity index is 2.70. The Labute approximate surface area is 133 Å². The first-order chi connectivity index (χ1) is 10.0. The number of anilines is 1. The molecule has 0 aliphatic rings. The number of aryl methyl sites for hydroxylation is 2. The number of benzene rings is 1. The third-order valence-corrected chi connectivity index (χ3v) is 5.85. The van der Waals surface area contributed by atoms with Gasteiger partial charge >= 0.3 is 0 Å². The molecule has 1 aromatic rings. The van der Waals surface area contributed by atoms with E-state index in [1.54, 1.807) is 18.9 Å². The minimum atomic E-state index is -3.13. The number of hydrogen-bond acceptors (Lipinski definition) is 4. The van der Waals surface area contributed by atoms with Gasteiger partial charge < -0.3 is 5.32 Å². The van der Waals surface area contributed by atoms with E-state index in [4.69, 9.17) is 0 Å². The van der Waals surface area contributed by atoms with Crippen LogP contribution in [0, 0.1) is 13.8 Å². The van der Waals surface area contributed by atoms with Crippen molar-refractivity contribution >= 4 is 21.4 Å². The number of hydrogen-bond donors (Lipinski definition) is 1. The lowest BCUT2D eigenvalue weighted by Gasteiger charge is -2.28. The summed E-state index contributed by atoms with van der Waals surface area (Å²) < 4.78 is 23.2. The van der Waals surface area contributed by atoms with E-state index in [9.17, 15) is 13.2 Å². The number of nitrogens with one attached hydrogen (secondary N) is 1. The van der Waals surface area contributed by atoms with Gasteiger partial charge in [0.1, 0.15) is 0 Å². The molecule has 1 N–H and O–H groups in total. The van der Waals surface area contributed by atoms with Gasteiger partial charge in [-0.15, -0.1) is 0 Å². The monoisotopic (exact) mass is 326 g/mol. The molecule has 124 valence electrons. The van der Waals surface area contributed by atoms with E-state index in [0.29, 0.717) is 0 Å². The van der Waals surface area contributed by atoms with Gasteiger partial charge in [0.15, 0.2) is 9.84 Å². The lowest BCUT2D eigenvalue weighted by molar-refractivity contribution is -0.117. The minimum Gasteiger partial charge on any atom is -0.325 e. The van der Waals surface area contributed by atoms with Crippen molar-refractivity contribution in [2.75, 3.05) is 25.2 Å². The average molecular weight is 326 g/mol. The van der Waals surface area contributed by atoms with Crippen molar-refractivity contribution in [1.82, 2.24) is 4.90 Å². The van der Waals surface area contributed by atoms with E-state index in [1.165, 1.54) is 6.26 Å². The zero-order chi connectivity index (χ0) is 17.1. The molecule has 0 unspecified atom stereocenters. The number of nitrogens with zero attached hydrogens (tertiary/aromatic N) is 1. The van der Waals surface area contributed by atoms with Gasteiger partial charge in [0.2, 0.25) is 5.91 Å². The highest BCUT2D eigenvalue weighted by Gasteiger charge is 2.26. The predicted octanol–water partition coefficient (Wildman–Crippen LogP) is 2.00. The van der Waals surface area contributed by atoms with Crippen LogP contribution in [0.4, 0.5) is 5.69 Å². The summed E-state index contributed by atoms with van der Waals surface area (Å²) in [5.41, 5.74) is 2.87. The number of sulfone groups is 1. The lowest BCUT2D eigenvalue weighted by Crippen LogP contribution is -2.44. The van der Waals surface area contributed by atoms with Crippen LogP contribution in [0.2, 0.25) is 0 Å². The zero-order valence-corrected chi connectivity index (χ0v) is 15.0. The summed E-state index contributed by atoms with van der Waals surface area (Å²) in [6.07, 6.45) is 1.22. The smallest absolute Gasteiger partial charge is 0.238 e. The molecule has 1 rings (SSSR count). The molecule has 1 amide bonds. The van der Waals surface area contributed by atoms with Crippen LogP contribution in [0.1, 0.15) is 25.0 Å². The van der Waals surface area contributed by atoms with E-state index in [0.717, 1.165) is 16.8 Å². The van der Waals surface area contributed by atoms with Gasteiger partial charge in [0.25, 0.3) is 0 Å². The molecule has 0 fully saturated rings. The molecular formula is C16H26N2O3S. The Morgan fingerprint density at radius 3 is 2.41 bits per heavy atom. The second-order valence-corrected chi connectivity index (χ2v) is 8.46. The van der Waals surface area contributed by atoms with Gasteiger partial charge in [-0.3, -0.25) is 9.69 Å². The number of carbonyl (C=O) groups excluding carboxylic acids is 1. The topological polar surface area (TPSA) is 66.5 Å². The molecule has 0 aliphatic heterocycles. The van der Waals surface area contributed by atoms with E-state index >= 15 is 0 Å². The summed E-state index contributed by atoms with van der Waals surface area (Å²) in [5, 5.41) is 2.36. The zero-order valence-electron chi connectivity index (χ0n) is 14.2. The predicted molar refractivity (Wildman–Crippen MR) is 90.9 cm³/mol. The Kier molecular flexibility index (Phi) is 6.14. The van der Waals surface area contributed by atoms with Crippen molar-refractivity contribution in [3.63, 3.8) is 0 Å². The van der Waals surface area contributed by atoms with Crippen molar-refractivity contribution in [2.24, 2.45) is 0 Å². The van der Waals surface area contributed by atoms with Crippen LogP contribution in [0.5, 0.6) is 0 Å². The maximum Gasteiger partial charge on any atom is 0.238 e. The normalized spacial score (nSPS) is 14.7. The second kappa shape index (κ2) is 7.24. The summed E-state index contributed by atoms with van der Waals surface area (Å²) in [6.45, 7) is 7.54. The van der Waals surface area contributed by atoms with Crippen LogP contribution in [-0.2, 0) is 14.6 Å². The van der Waals surface area contributed by atoms with Crippen molar-refractivity contribution in [2.45, 2.75) is 39.0 Å². The van der Waals surface area contributed by atoms with Gasteiger partial charge in [0.05, 0.1) is 11.8 Å². The first-order valence-corrected chi connectivity index (χ1v) is 9.24. The molecule has 0 radical (unpaired) electrons. The summed E-state index contributed by atoms with van der Waals surface area (Å²) in [4.78, 5) is 13.9. The molecule has 0 saturated heterocycles. The molecule has 6 heteroatoms. The molecule has 22 heavy (non-hydrogen) atoms. The van der Waals surface area contributed by atoms with E-state index < -0.39 is 15.1 Å². The lowest BCUT2D eigenvalue weighted by atomic mass is 10.1. The fourth-order valence-electron chi connectivity index (χ4n) is 2.15.